The topological polar surface area (TPSA) is 20.2 Å². The van der Waals surface area contributed by atoms with Gasteiger partial charge in [0, 0.05) is 5.92 Å². The largest absolute Gasteiger partial charge is 0.392 e. The van der Waals surface area contributed by atoms with Crippen LogP contribution in [0, 0.1) is 45.3 Å². The van der Waals surface area contributed by atoms with E-state index >= 15 is 0 Å². The van der Waals surface area contributed by atoms with Crippen LogP contribution in [0.25, 0.3) is 0 Å². The lowest BCUT2D eigenvalue weighted by atomic mass is 9.39. The van der Waals surface area contributed by atoms with Gasteiger partial charge >= 0.3 is 0 Å². The normalized spacial score (nSPS) is 46.9. The minimum absolute atomic E-state index is 0.139. The van der Waals surface area contributed by atoms with Gasteiger partial charge in [-0.25, -0.2) is 0 Å². The van der Waals surface area contributed by atoms with Crippen molar-refractivity contribution in [3.05, 3.63) is 23.3 Å². The fourth-order valence-electron chi connectivity index (χ4n) is 9.50. The van der Waals surface area contributed by atoms with Crippen molar-refractivity contribution in [2.24, 2.45) is 45.3 Å². The fraction of sp³-hybridized carbons (Fsp3) is 0.867. The van der Waals surface area contributed by atoms with Gasteiger partial charge in [0.05, 0.1) is 6.10 Å². The van der Waals surface area contributed by atoms with Crippen molar-refractivity contribution in [1.29, 1.82) is 0 Å². The van der Waals surface area contributed by atoms with E-state index in [9.17, 15) is 5.11 Å². The highest BCUT2D eigenvalue weighted by Crippen LogP contribution is 2.74. The minimum Gasteiger partial charge on any atom is -0.392 e. The molecule has 3 saturated carbocycles. The van der Waals surface area contributed by atoms with Gasteiger partial charge in [0.1, 0.15) is 0 Å². The fourth-order valence-corrected chi connectivity index (χ4v) is 9.50. The molecular formula is C30H50O. The Kier molecular flexibility index (Phi) is 5.90. The molecule has 0 saturated heterocycles. The van der Waals surface area contributed by atoms with E-state index in [0.717, 1.165) is 24.7 Å². The summed E-state index contributed by atoms with van der Waals surface area (Å²) in [5.41, 5.74) is 4.43. The second kappa shape index (κ2) is 7.75. The Hall–Kier alpha value is -0.560. The summed E-state index contributed by atoms with van der Waals surface area (Å²) in [6.07, 6.45) is 16.3. The van der Waals surface area contributed by atoms with Crippen LogP contribution in [0.1, 0.15) is 113 Å². The van der Waals surface area contributed by atoms with Gasteiger partial charge in [-0.05, 0) is 111 Å². The van der Waals surface area contributed by atoms with Crippen LogP contribution in [0.4, 0.5) is 0 Å². The van der Waals surface area contributed by atoms with Crippen molar-refractivity contribution in [3.63, 3.8) is 0 Å². The quantitative estimate of drug-likeness (QED) is 0.448. The van der Waals surface area contributed by atoms with Crippen molar-refractivity contribution >= 4 is 0 Å². The van der Waals surface area contributed by atoms with Gasteiger partial charge in [0.15, 0.2) is 0 Å². The molecule has 1 unspecified atom stereocenters. The van der Waals surface area contributed by atoms with Gasteiger partial charge < -0.3 is 5.11 Å². The van der Waals surface area contributed by atoms with E-state index in [4.69, 9.17) is 0 Å². The molecule has 0 heterocycles. The predicted molar refractivity (Wildman–Crippen MR) is 133 cm³/mol. The van der Waals surface area contributed by atoms with Crippen LogP contribution in [-0.2, 0) is 0 Å². The molecule has 4 rings (SSSR count). The number of aliphatic hydroxyl groups is 1. The first kappa shape index (κ1) is 23.6. The SMILES string of the molecule is CC(C)=CCC[C@@H](C)[C@H]1CC[C@@]2(C)[C@@H]3CC=C4[C@@H](C(O)CCC4(C)C)[C@]3(C)CC[C@]12C. The Morgan fingerprint density at radius 3 is 2.42 bits per heavy atom. The van der Waals surface area contributed by atoms with Gasteiger partial charge in [-0.2, -0.15) is 0 Å². The van der Waals surface area contributed by atoms with E-state index in [2.05, 4.69) is 67.5 Å². The number of aliphatic hydroxyl groups excluding tert-OH is 1. The summed E-state index contributed by atoms with van der Waals surface area (Å²) in [7, 11) is 0. The third-order valence-corrected chi connectivity index (χ3v) is 11.6. The Morgan fingerprint density at radius 1 is 1.03 bits per heavy atom. The highest BCUT2D eigenvalue weighted by Gasteiger charge is 2.67. The molecule has 8 atom stereocenters. The molecule has 4 aliphatic carbocycles. The zero-order valence-corrected chi connectivity index (χ0v) is 21.9. The number of allylic oxidation sites excluding steroid dienone is 3. The summed E-state index contributed by atoms with van der Waals surface area (Å²) in [5.74, 6) is 2.75. The monoisotopic (exact) mass is 426 g/mol. The summed E-state index contributed by atoms with van der Waals surface area (Å²) in [5, 5.41) is 11.3. The van der Waals surface area contributed by atoms with Crippen LogP contribution in [0.15, 0.2) is 23.3 Å². The van der Waals surface area contributed by atoms with Gasteiger partial charge in [-0.15, -0.1) is 0 Å². The molecule has 176 valence electrons. The van der Waals surface area contributed by atoms with Crippen molar-refractivity contribution in [3.8, 4) is 0 Å². The smallest absolute Gasteiger partial charge is 0.0611 e. The van der Waals surface area contributed by atoms with Crippen LogP contribution in [0.3, 0.4) is 0 Å². The van der Waals surface area contributed by atoms with Crippen molar-refractivity contribution in [2.75, 3.05) is 0 Å². The molecule has 0 radical (unpaired) electrons. The molecule has 1 heteroatoms. The summed E-state index contributed by atoms with van der Waals surface area (Å²) in [6, 6.07) is 0. The molecule has 31 heavy (non-hydrogen) atoms. The van der Waals surface area contributed by atoms with Gasteiger partial charge in [-0.1, -0.05) is 64.8 Å². The third kappa shape index (κ3) is 3.43. The summed E-state index contributed by atoms with van der Waals surface area (Å²) in [4.78, 5) is 0. The molecule has 3 fully saturated rings. The highest BCUT2D eigenvalue weighted by atomic mass is 16.3. The molecule has 0 amide bonds. The number of rotatable bonds is 4. The summed E-state index contributed by atoms with van der Waals surface area (Å²) in [6.45, 7) is 19.8. The molecule has 4 aliphatic rings. The Labute approximate surface area is 193 Å². The van der Waals surface area contributed by atoms with Crippen LogP contribution >= 0.6 is 0 Å². The molecule has 0 aromatic carbocycles. The number of fused-ring (bicyclic) bond motifs is 5. The van der Waals surface area contributed by atoms with Gasteiger partial charge in [0.2, 0.25) is 0 Å². The zero-order chi connectivity index (χ0) is 22.8. The lowest BCUT2D eigenvalue weighted by Crippen LogP contribution is -2.60. The first-order valence-corrected chi connectivity index (χ1v) is 13.4. The maximum atomic E-state index is 11.3. The van der Waals surface area contributed by atoms with E-state index in [1.807, 2.05) is 0 Å². The average molecular weight is 427 g/mol. The van der Waals surface area contributed by atoms with E-state index in [-0.39, 0.29) is 16.9 Å². The average Bonchev–Trinajstić information content (AvgIpc) is 2.96. The second-order valence-electron chi connectivity index (χ2n) is 13.7. The molecule has 0 aromatic rings. The van der Waals surface area contributed by atoms with Crippen LogP contribution in [0.5, 0.6) is 0 Å². The molecule has 0 aliphatic heterocycles. The van der Waals surface area contributed by atoms with E-state index < -0.39 is 0 Å². The summed E-state index contributed by atoms with van der Waals surface area (Å²) >= 11 is 0. The van der Waals surface area contributed by atoms with Crippen LogP contribution in [0.2, 0.25) is 0 Å². The third-order valence-electron chi connectivity index (χ3n) is 11.6. The Morgan fingerprint density at radius 2 is 1.74 bits per heavy atom. The molecule has 0 spiro atoms. The molecule has 0 aromatic heterocycles. The highest BCUT2D eigenvalue weighted by molar-refractivity contribution is 5.30. The molecule has 0 bridgehead atoms. The maximum absolute atomic E-state index is 11.3. The minimum atomic E-state index is -0.139. The zero-order valence-electron chi connectivity index (χ0n) is 21.9. The number of hydrogen-bond donors (Lipinski definition) is 1. The Bertz CT molecular complexity index is 754. The predicted octanol–water partition coefficient (Wildman–Crippen LogP) is 8.34. The van der Waals surface area contributed by atoms with E-state index in [1.54, 1.807) is 5.57 Å². The molecule has 1 N–H and O–H groups in total. The molecular weight excluding hydrogens is 376 g/mol. The Balaban J connectivity index is 1.64. The standard InChI is InChI=1S/C30H50O/c1-20(2)10-9-11-21(3)22-14-17-30(8)25-13-12-23-26(24(31)15-16-27(23,4)5)28(25,6)18-19-29(22,30)7/h10,12,21-22,24-26,31H,9,11,13-19H2,1-8H3/t21-,22-,24?,25-,26+,28-,29-,30+/m1/s1. The van der Waals surface area contributed by atoms with E-state index in [0.29, 0.717) is 22.7 Å². The lowest BCUT2D eigenvalue weighted by Gasteiger charge is -2.66. The van der Waals surface area contributed by atoms with Crippen LogP contribution < -0.4 is 0 Å². The van der Waals surface area contributed by atoms with Gasteiger partial charge in [0.25, 0.3) is 0 Å². The lowest BCUT2D eigenvalue weighted by molar-refractivity contribution is -0.158. The van der Waals surface area contributed by atoms with Crippen molar-refractivity contribution < 1.29 is 5.11 Å². The van der Waals surface area contributed by atoms with Gasteiger partial charge in [-0.3, -0.25) is 0 Å². The first-order chi connectivity index (χ1) is 14.4. The van der Waals surface area contributed by atoms with Crippen molar-refractivity contribution in [1.82, 2.24) is 0 Å². The summed E-state index contributed by atoms with van der Waals surface area (Å²) < 4.78 is 0. The molecule has 1 nitrogen and oxygen atoms in total. The maximum Gasteiger partial charge on any atom is 0.0611 e. The number of hydrogen-bond acceptors (Lipinski definition) is 1. The van der Waals surface area contributed by atoms with Crippen molar-refractivity contribution in [2.45, 2.75) is 119 Å². The van der Waals surface area contributed by atoms with E-state index in [1.165, 1.54) is 50.5 Å². The van der Waals surface area contributed by atoms with Crippen LogP contribution in [-0.4, -0.2) is 11.2 Å². The first-order valence-electron chi connectivity index (χ1n) is 13.4. The second-order valence-corrected chi connectivity index (χ2v) is 13.7.